The first-order valence-electron chi connectivity index (χ1n) is 5.36. The Morgan fingerprint density at radius 2 is 2.33 bits per heavy atom. The predicted molar refractivity (Wildman–Crippen MR) is 64.8 cm³/mol. The van der Waals surface area contributed by atoms with E-state index in [4.69, 9.17) is 5.11 Å². The molecule has 3 heteroatoms. The zero-order chi connectivity index (χ0) is 10.7. The van der Waals surface area contributed by atoms with Crippen LogP contribution in [-0.4, -0.2) is 24.3 Å². The zero-order valence-electron chi connectivity index (χ0n) is 8.62. The van der Waals surface area contributed by atoms with E-state index in [9.17, 15) is 0 Å². The van der Waals surface area contributed by atoms with Crippen LogP contribution in [0.5, 0.6) is 0 Å². The highest BCUT2D eigenvalue weighted by Gasteiger charge is 2.23. The van der Waals surface area contributed by atoms with Gasteiger partial charge in [0.05, 0.1) is 6.61 Å². The second-order valence-corrected chi connectivity index (χ2v) is 5.14. The van der Waals surface area contributed by atoms with Crippen LogP contribution < -0.4 is 5.32 Å². The summed E-state index contributed by atoms with van der Waals surface area (Å²) in [6.45, 7) is 1.28. The lowest BCUT2D eigenvalue weighted by atomic mass is 9.97. The van der Waals surface area contributed by atoms with Crippen molar-refractivity contribution in [1.29, 1.82) is 0 Å². The Bertz CT molecular complexity index is 329. The average molecular weight is 270 g/mol. The van der Waals surface area contributed by atoms with Gasteiger partial charge in [0, 0.05) is 10.5 Å². The van der Waals surface area contributed by atoms with Crippen LogP contribution >= 0.6 is 15.9 Å². The Labute approximate surface area is 98.8 Å². The third-order valence-electron chi connectivity index (χ3n) is 2.95. The molecule has 0 spiro atoms. The van der Waals surface area contributed by atoms with Crippen molar-refractivity contribution in [3.8, 4) is 0 Å². The highest BCUT2D eigenvalue weighted by molar-refractivity contribution is 9.10. The number of benzene rings is 1. The topological polar surface area (TPSA) is 32.3 Å². The Morgan fingerprint density at radius 3 is 3.00 bits per heavy atom. The molecule has 2 rings (SSSR count). The van der Waals surface area contributed by atoms with Crippen molar-refractivity contribution in [2.45, 2.75) is 18.9 Å². The van der Waals surface area contributed by atoms with Crippen LogP contribution in [0.15, 0.2) is 28.7 Å². The second-order valence-electron chi connectivity index (χ2n) is 4.22. The molecular weight excluding hydrogens is 254 g/mol. The van der Waals surface area contributed by atoms with Gasteiger partial charge in [0.1, 0.15) is 0 Å². The van der Waals surface area contributed by atoms with Crippen molar-refractivity contribution in [1.82, 2.24) is 5.32 Å². The number of hydrogen-bond acceptors (Lipinski definition) is 2. The Hall–Kier alpha value is -0.380. The van der Waals surface area contributed by atoms with Gasteiger partial charge in [-0.05, 0) is 43.0 Å². The van der Waals surface area contributed by atoms with Gasteiger partial charge in [0.25, 0.3) is 0 Å². The molecule has 0 aromatic heterocycles. The highest BCUT2D eigenvalue weighted by Crippen LogP contribution is 2.20. The van der Waals surface area contributed by atoms with Crippen molar-refractivity contribution < 1.29 is 5.11 Å². The van der Waals surface area contributed by atoms with Gasteiger partial charge in [-0.3, -0.25) is 0 Å². The summed E-state index contributed by atoms with van der Waals surface area (Å²) in [5.74, 6) is 0.663. The minimum Gasteiger partial charge on any atom is -0.395 e. The van der Waals surface area contributed by atoms with Gasteiger partial charge >= 0.3 is 0 Å². The fourth-order valence-electron chi connectivity index (χ4n) is 2.19. The number of hydrogen-bond donors (Lipinski definition) is 2. The number of aliphatic hydroxyl groups excluding tert-OH is 1. The van der Waals surface area contributed by atoms with Crippen LogP contribution in [0.2, 0.25) is 0 Å². The molecule has 2 N–H and O–H groups in total. The third kappa shape index (κ3) is 3.03. The normalized spacial score (nSPS) is 25.7. The summed E-state index contributed by atoms with van der Waals surface area (Å²) in [5, 5.41) is 12.4. The summed E-state index contributed by atoms with van der Waals surface area (Å²) in [4.78, 5) is 0. The molecule has 2 atom stereocenters. The lowest BCUT2D eigenvalue weighted by Gasteiger charge is -2.08. The van der Waals surface area contributed by atoms with E-state index in [-0.39, 0.29) is 6.61 Å². The summed E-state index contributed by atoms with van der Waals surface area (Å²) in [7, 11) is 0. The molecule has 1 aromatic rings. The van der Waals surface area contributed by atoms with E-state index in [1.54, 1.807) is 0 Å². The molecule has 1 aromatic carbocycles. The molecule has 1 fully saturated rings. The van der Waals surface area contributed by atoms with Crippen LogP contribution in [0.1, 0.15) is 12.0 Å². The van der Waals surface area contributed by atoms with Gasteiger partial charge in [-0.2, -0.15) is 0 Å². The van der Waals surface area contributed by atoms with Gasteiger partial charge < -0.3 is 10.4 Å². The minimum absolute atomic E-state index is 0.259. The lowest BCUT2D eigenvalue weighted by Crippen LogP contribution is -2.24. The van der Waals surface area contributed by atoms with E-state index in [1.165, 1.54) is 5.56 Å². The van der Waals surface area contributed by atoms with Gasteiger partial charge in [-0.25, -0.2) is 0 Å². The number of aliphatic hydroxyl groups is 1. The Morgan fingerprint density at radius 1 is 1.47 bits per heavy atom. The quantitative estimate of drug-likeness (QED) is 0.880. The predicted octanol–water partition coefficient (Wildman–Crippen LogP) is 1.96. The Balaban J connectivity index is 1.92. The minimum atomic E-state index is 0.259. The summed E-state index contributed by atoms with van der Waals surface area (Å²) in [5.41, 5.74) is 1.37. The molecule has 82 valence electrons. The van der Waals surface area contributed by atoms with E-state index in [1.807, 2.05) is 6.07 Å². The monoisotopic (exact) mass is 269 g/mol. The highest BCUT2D eigenvalue weighted by atomic mass is 79.9. The molecule has 0 radical (unpaired) electrons. The largest absolute Gasteiger partial charge is 0.395 e. The smallest absolute Gasteiger partial charge is 0.0584 e. The number of nitrogens with one attached hydrogen (secondary N) is 1. The molecule has 0 aliphatic carbocycles. The van der Waals surface area contributed by atoms with Crippen molar-refractivity contribution in [3.05, 3.63) is 34.3 Å². The fraction of sp³-hybridized carbons (Fsp3) is 0.500. The molecule has 2 nitrogen and oxygen atoms in total. The molecule has 1 saturated heterocycles. The first kappa shape index (κ1) is 11.1. The first-order valence-corrected chi connectivity index (χ1v) is 6.16. The maximum atomic E-state index is 9.02. The van der Waals surface area contributed by atoms with Crippen LogP contribution in [0.25, 0.3) is 0 Å². The molecule has 0 amide bonds. The van der Waals surface area contributed by atoms with Gasteiger partial charge in [-0.1, -0.05) is 28.1 Å². The third-order valence-corrected chi connectivity index (χ3v) is 3.44. The molecule has 0 saturated carbocycles. The first-order chi connectivity index (χ1) is 7.28. The lowest BCUT2D eigenvalue weighted by molar-refractivity contribution is 0.253. The molecule has 1 heterocycles. The Kier molecular flexibility index (Phi) is 3.78. The van der Waals surface area contributed by atoms with E-state index < -0.39 is 0 Å². The van der Waals surface area contributed by atoms with Crippen LogP contribution in [0.3, 0.4) is 0 Å². The van der Waals surface area contributed by atoms with E-state index >= 15 is 0 Å². The van der Waals surface area contributed by atoms with Crippen molar-refractivity contribution in [2.75, 3.05) is 13.2 Å². The summed E-state index contributed by atoms with van der Waals surface area (Å²) in [6, 6.07) is 8.77. The van der Waals surface area contributed by atoms with E-state index in [2.05, 4.69) is 39.4 Å². The average Bonchev–Trinajstić information content (AvgIpc) is 2.65. The molecule has 0 bridgehead atoms. The van der Waals surface area contributed by atoms with Crippen molar-refractivity contribution >= 4 is 15.9 Å². The van der Waals surface area contributed by atoms with E-state index in [0.717, 1.165) is 23.9 Å². The van der Waals surface area contributed by atoms with Gasteiger partial charge in [0.2, 0.25) is 0 Å². The maximum Gasteiger partial charge on any atom is 0.0584 e. The summed E-state index contributed by atoms with van der Waals surface area (Å²) < 4.78 is 1.14. The fourth-order valence-corrected chi connectivity index (χ4v) is 2.64. The van der Waals surface area contributed by atoms with Gasteiger partial charge in [0.15, 0.2) is 0 Å². The zero-order valence-corrected chi connectivity index (χ0v) is 10.2. The SMILES string of the molecule is OCC1CC(Cc2cccc(Br)c2)CN1. The van der Waals surface area contributed by atoms with E-state index in [0.29, 0.717) is 12.0 Å². The van der Waals surface area contributed by atoms with Crippen LogP contribution in [-0.2, 0) is 6.42 Å². The maximum absolute atomic E-state index is 9.02. The standard InChI is InChI=1S/C12H16BrNO/c13-11-3-1-2-9(5-11)4-10-6-12(8-15)14-7-10/h1-3,5,10,12,14-15H,4,6-8H2. The summed E-state index contributed by atoms with van der Waals surface area (Å²) >= 11 is 3.48. The molecule has 1 aliphatic rings. The number of rotatable bonds is 3. The molecular formula is C12H16BrNO. The van der Waals surface area contributed by atoms with Crippen molar-refractivity contribution in [2.24, 2.45) is 5.92 Å². The molecule has 2 unspecified atom stereocenters. The molecule has 15 heavy (non-hydrogen) atoms. The molecule has 1 aliphatic heterocycles. The number of halogens is 1. The van der Waals surface area contributed by atoms with Gasteiger partial charge in [-0.15, -0.1) is 0 Å². The van der Waals surface area contributed by atoms with Crippen LogP contribution in [0, 0.1) is 5.92 Å². The second kappa shape index (κ2) is 5.10. The summed E-state index contributed by atoms with van der Waals surface area (Å²) in [6.07, 6.45) is 2.19. The van der Waals surface area contributed by atoms with Crippen LogP contribution in [0.4, 0.5) is 0 Å². The van der Waals surface area contributed by atoms with Crippen molar-refractivity contribution in [3.63, 3.8) is 0 Å².